The van der Waals surface area contributed by atoms with Gasteiger partial charge in [-0.2, -0.15) is 0 Å². The van der Waals surface area contributed by atoms with Crippen molar-refractivity contribution in [3.8, 4) is 0 Å². The molecule has 1 amide bonds. The van der Waals surface area contributed by atoms with Crippen LogP contribution in [-0.2, 0) is 22.5 Å². The minimum atomic E-state index is -0.672. The van der Waals surface area contributed by atoms with Gasteiger partial charge >= 0.3 is 5.69 Å². The number of methoxy groups -OCH3 is 1. The van der Waals surface area contributed by atoms with E-state index in [-0.39, 0.29) is 43.2 Å². The minimum Gasteiger partial charge on any atom is -0.383 e. The van der Waals surface area contributed by atoms with E-state index in [1.165, 1.54) is 22.1 Å². The third-order valence-electron chi connectivity index (χ3n) is 5.69. The van der Waals surface area contributed by atoms with E-state index < -0.39 is 11.2 Å². The van der Waals surface area contributed by atoms with Crippen molar-refractivity contribution < 1.29 is 9.53 Å². The van der Waals surface area contributed by atoms with Crippen LogP contribution in [0.3, 0.4) is 0 Å². The molecule has 9 heteroatoms. The van der Waals surface area contributed by atoms with Gasteiger partial charge in [-0.1, -0.05) is 31.5 Å². The number of unbranched alkanes of at least 4 members (excludes halogenated alkanes) is 1. The maximum atomic E-state index is 13.4. The summed E-state index contributed by atoms with van der Waals surface area (Å²) in [5, 5.41) is 0. The number of amides is 1. The Balaban J connectivity index is 1.96. The zero-order chi connectivity index (χ0) is 22.5. The zero-order valence-corrected chi connectivity index (χ0v) is 18.4. The fraction of sp³-hybridized carbons (Fsp3) is 0.500. The number of anilines is 3. The smallest absolute Gasteiger partial charge is 0.330 e. The third-order valence-corrected chi connectivity index (χ3v) is 5.69. The Kier molecular flexibility index (Phi) is 7.17. The summed E-state index contributed by atoms with van der Waals surface area (Å²) in [6.45, 7) is 4.90. The van der Waals surface area contributed by atoms with E-state index in [4.69, 9.17) is 10.5 Å². The first kappa shape index (κ1) is 22.6. The number of benzene rings is 1. The number of carbonyl (C=O) groups excluding carboxylic acids is 1. The summed E-state index contributed by atoms with van der Waals surface area (Å²) in [4.78, 5) is 44.1. The lowest BCUT2D eigenvalue weighted by molar-refractivity contribution is -0.117. The van der Waals surface area contributed by atoms with Gasteiger partial charge in [-0.05, 0) is 31.4 Å². The second-order valence-corrected chi connectivity index (χ2v) is 7.85. The van der Waals surface area contributed by atoms with Crippen LogP contribution >= 0.6 is 0 Å². The van der Waals surface area contributed by atoms with Crippen LogP contribution < -0.4 is 26.8 Å². The lowest BCUT2D eigenvalue weighted by atomic mass is 10.1. The van der Waals surface area contributed by atoms with Crippen molar-refractivity contribution in [2.24, 2.45) is 0 Å². The Hall–Kier alpha value is -3.07. The number of aromatic amines is 1. The monoisotopic (exact) mass is 429 g/mol. The Bertz CT molecular complexity index is 1040. The minimum absolute atomic E-state index is 0.00141. The summed E-state index contributed by atoms with van der Waals surface area (Å²) in [6, 6.07) is 8.15. The number of rotatable bonds is 9. The molecule has 0 saturated carbocycles. The van der Waals surface area contributed by atoms with Crippen molar-refractivity contribution in [1.29, 1.82) is 0 Å². The maximum Gasteiger partial charge on any atom is 0.330 e. The lowest BCUT2D eigenvalue weighted by Gasteiger charge is -2.29. The van der Waals surface area contributed by atoms with Crippen LogP contribution in [0.4, 0.5) is 17.2 Å². The molecule has 0 spiro atoms. The molecule has 0 bridgehead atoms. The van der Waals surface area contributed by atoms with E-state index in [9.17, 15) is 14.4 Å². The van der Waals surface area contributed by atoms with Gasteiger partial charge in [-0.3, -0.25) is 19.1 Å². The molecule has 1 aliphatic heterocycles. The molecule has 3 N–H and O–H groups in total. The molecule has 2 aromatic rings. The molecule has 1 atom stereocenters. The predicted molar refractivity (Wildman–Crippen MR) is 122 cm³/mol. The molecular formula is C22H31N5O4. The molecule has 168 valence electrons. The van der Waals surface area contributed by atoms with Crippen LogP contribution in [0.1, 0.15) is 32.3 Å². The predicted octanol–water partition coefficient (Wildman–Crippen LogP) is 1.35. The summed E-state index contributed by atoms with van der Waals surface area (Å²) >= 11 is 0. The Labute approximate surface area is 181 Å². The molecule has 0 fully saturated rings. The van der Waals surface area contributed by atoms with Gasteiger partial charge in [0, 0.05) is 31.9 Å². The first-order valence-electron chi connectivity index (χ1n) is 10.7. The molecule has 0 aliphatic carbocycles. The molecule has 3 rings (SSSR count). The standard InChI is InChI=1S/C22H31N5O4/c1-4-5-10-26-20(23)19(21(29)24-22(26)30)25(11-12-31-3)18(28)14-27-15(2)13-16-8-6-7-9-17(16)27/h6-9,15H,4-5,10-14,23H2,1-3H3,(H,24,29,30)/t15-/m0/s1. The van der Waals surface area contributed by atoms with E-state index in [2.05, 4.69) is 18.0 Å². The van der Waals surface area contributed by atoms with Gasteiger partial charge in [0.05, 0.1) is 13.2 Å². The van der Waals surface area contributed by atoms with Gasteiger partial charge < -0.3 is 20.3 Å². The van der Waals surface area contributed by atoms with E-state index in [1.807, 2.05) is 30.0 Å². The summed E-state index contributed by atoms with van der Waals surface area (Å²) in [5.41, 5.74) is 7.21. The second-order valence-electron chi connectivity index (χ2n) is 7.85. The van der Waals surface area contributed by atoms with Gasteiger partial charge in [0.2, 0.25) is 5.91 Å². The number of hydrogen-bond donors (Lipinski definition) is 2. The van der Waals surface area contributed by atoms with Crippen LogP contribution in [0.2, 0.25) is 0 Å². The third kappa shape index (κ3) is 4.66. The van der Waals surface area contributed by atoms with Gasteiger partial charge in [0.15, 0.2) is 5.69 Å². The molecule has 0 unspecified atom stereocenters. The SMILES string of the molecule is CCCCn1c(N)c(N(CCOC)C(=O)CN2c3ccccc3C[C@@H]2C)c(=O)[nH]c1=O. The normalized spacial score (nSPS) is 15.2. The molecule has 1 aliphatic rings. The van der Waals surface area contributed by atoms with E-state index in [1.54, 1.807) is 0 Å². The number of nitrogens with one attached hydrogen (secondary N) is 1. The van der Waals surface area contributed by atoms with Crippen molar-refractivity contribution in [1.82, 2.24) is 9.55 Å². The maximum absolute atomic E-state index is 13.4. The molecule has 31 heavy (non-hydrogen) atoms. The molecule has 0 saturated heterocycles. The van der Waals surface area contributed by atoms with Crippen molar-refractivity contribution in [3.05, 3.63) is 50.7 Å². The molecule has 9 nitrogen and oxygen atoms in total. The van der Waals surface area contributed by atoms with Crippen LogP contribution in [-0.4, -0.2) is 48.3 Å². The van der Waals surface area contributed by atoms with Crippen LogP contribution in [0.5, 0.6) is 0 Å². The van der Waals surface area contributed by atoms with Crippen LogP contribution in [0.25, 0.3) is 0 Å². The number of H-pyrrole nitrogens is 1. The number of ether oxygens (including phenoxy) is 1. The zero-order valence-electron chi connectivity index (χ0n) is 18.4. The average molecular weight is 430 g/mol. The number of aromatic nitrogens is 2. The molecule has 1 aromatic heterocycles. The Morgan fingerprint density at radius 1 is 1.32 bits per heavy atom. The molecule has 0 radical (unpaired) electrons. The van der Waals surface area contributed by atoms with Crippen LogP contribution in [0, 0.1) is 0 Å². The average Bonchev–Trinajstić information content (AvgIpc) is 3.05. The summed E-state index contributed by atoms with van der Waals surface area (Å²) < 4.78 is 6.48. The van der Waals surface area contributed by atoms with Crippen molar-refractivity contribution in [2.75, 3.05) is 42.3 Å². The van der Waals surface area contributed by atoms with Gasteiger partial charge in [-0.25, -0.2) is 4.79 Å². The quantitative estimate of drug-likeness (QED) is 0.622. The number of nitrogens with two attached hydrogens (primary N) is 1. The molecular weight excluding hydrogens is 398 g/mol. The highest BCUT2D eigenvalue weighted by Gasteiger charge is 2.31. The Morgan fingerprint density at radius 3 is 2.77 bits per heavy atom. The van der Waals surface area contributed by atoms with E-state index in [0.717, 1.165) is 24.9 Å². The van der Waals surface area contributed by atoms with Gasteiger partial charge in [-0.15, -0.1) is 0 Å². The number of nitrogens with zero attached hydrogens (tertiary/aromatic N) is 3. The highest BCUT2D eigenvalue weighted by molar-refractivity contribution is 5.98. The lowest BCUT2D eigenvalue weighted by Crippen LogP contribution is -2.47. The number of carbonyl (C=O) groups is 1. The van der Waals surface area contributed by atoms with Gasteiger partial charge in [0.25, 0.3) is 5.56 Å². The molecule has 1 aromatic carbocycles. The fourth-order valence-corrected chi connectivity index (χ4v) is 4.02. The first-order chi connectivity index (χ1) is 14.9. The fourth-order valence-electron chi connectivity index (χ4n) is 4.02. The van der Waals surface area contributed by atoms with E-state index >= 15 is 0 Å². The summed E-state index contributed by atoms with van der Waals surface area (Å²) in [6.07, 6.45) is 2.44. The van der Waals surface area contributed by atoms with Crippen LogP contribution in [0.15, 0.2) is 33.9 Å². The summed E-state index contributed by atoms with van der Waals surface area (Å²) in [5.74, 6) is -0.278. The summed E-state index contributed by atoms with van der Waals surface area (Å²) in [7, 11) is 1.53. The van der Waals surface area contributed by atoms with Crippen molar-refractivity contribution in [2.45, 2.75) is 45.7 Å². The topological polar surface area (TPSA) is 114 Å². The largest absolute Gasteiger partial charge is 0.383 e. The second kappa shape index (κ2) is 9.82. The first-order valence-corrected chi connectivity index (χ1v) is 10.7. The van der Waals surface area contributed by atoms with Crippen molar-refractivity contribution >= 4 is 23.1 Å². The Morgan fingerprint density at radius 2 is 2.06 bits per heavy atom. The number of nitrogen functional groups attached to an aromatic ring is 1. The number of hydrogen-bond acceptors (Lipinski definition) is 6. The highest BCUT2D eigenvalue weighted by atomic mass is 16.5. The number of fused-ring (bicyclic) bond motifs is 1. The highest BCUT2D eigenvalue weighted by Crippen LogP contribution is 2.31. The van der Waals surface area contributed by atoms with Crippen molar-refractivity contribution in [3.63, 3.8) is 0 Å². The van der Waals surface area contributed by atoms with E-state index in [0.29, 0.717) is 6.54 Å². The van der Waals surface area contributed by atoms with Gasteiger partial charge in [0.1, 0.15) is 5.82 Å². The molecule has 2 heterocycles. The number of para-hydroxylation sites is 1.